The highest BCUT2D eigenvalue weighted by molar-refractivity contribution is 7.89. The second kappa shape index (κ2) is 7.87. The van der Waals surface area contributed by atoms with Crippen LogP contribution in [0.1, 0.15) is 11.4 Å². The molecule has 7 nitrogen and oxygen atoms in total. The highest BCUT2D eigenvalue weighted by Crippen LogP contribution is 2.22. The molecule has 3 rings (SSSR count). The molecular weight excluding hydrogens is 374 g/mol. The minimum absolute atomic E-state index is 0.328. The first-order valence-corrected chi connectivity index (χ1v) is 10.2. The van der Waals surface area contributed by atoms with Gasteiger partial charge in [-0.1, -0.05) is 29.8 Å². The van der Waals surface area contributed by atoms with Crippen molar-refractivity contribution in [3.05, 3.63) is 46.9 Å². The van der Waals surface area contributed by atoms with Crippen LogP contribution >= 0.6 is 11.6 Å². The van der Waals surface area contributed by atoms with Gasteiger partial charge in [-0.3, -0.25) is 0 Å². The fraction of sp³-hybridized carbons (Fsp3) is 0.412. The van der Waals surface area contributed by atoms with Gasteiger partial charge >= 0.3 is 0 Å². The minimum atomic E-state index is -3.53. The quantitative estimate of drug-likeness (QED) is 0.780. The first kappa shape index (κ1) is 19.0. The van der Waals surface area contributed by atoms with Crippen LogP contribution in [0.2, 0.25) is 5.15 Å². The van der Waals surface area contributed by atoms with E-state index in [1.54, 1.807) is 29.4 Å². The molecule has 26 heavy (non-hydrogen) atoms. The van der Waals surface area contributed by atoms with Crippen molar-refractivity contribution in [2.45, 2.75) is 18.4 Å². The fourth-order valence-electron chi connectivity index (χ4n) is 2.88. The van der Waals surface area contributed by atoms with E-state index in [2.05, 4.69) is 20.2 Å². The number of aromatic nitrogens is 2. The zero-order valence-electron chi connectivity index (χ0n) is 14.8. The van der Waals surface area contributed by atoms with Crippen LogP contribution in [-0.2, 0) is 16.6 Å². The highest BCUT2D eigenvalue weighted by atomic mass is 35.5. The Hall–Kier alpha value is -1.74. The van der Waals surface area contributed by atoms with Crippen LogP contribution in [0, 0.1) is 6.92 Å². The number of nitrogens with one attached hydrogen (secondary N) is 1. The molecule has 0 amide bonds. The average Bonchev–Trinajstić information content (AvgIpc) is 2.60. The van der Waals surface area contributed by atoms with E-state index in [9.17, 15) is 8.42 Å². The Kier molecular flexibility index (Phi) is 5.76. The van der Waals surface area contributed by atoms with Crippen LogP contribution in [0.25, 0.3) is 0 Å². The Morgan fingerprint density at radius 1 is 1.15 bits per heavy atom. The SMILES string of the molecule is Cc1nc(Cl)cc(NCc2ccccc2S(=O)(=O)N2CCN(C)CC2)n1. The van der Waals surface area contributed by atoms with Crippen LogP contribution in [0.3, 0.4) is 0 Å². The van der Waals surface area contributed by atoms with Gasteiger partial charge in [0.2, 0.25) is 10.0 Å². The van der Waals surface area contributed by atoms with Gasteiger partial charge < -0.3 is 10.2 Å². The number of aryl methyl sites for hydroxylation is 1. The van der Waals surface area contributed by atoms with Gasteiger partial charge in [-0.2, -0.15) is 4.31 Å². The molecule has 1 N–H and O–H groups in total. The maximum atomic E-state index is 13.1. The predicted molar refractivity (Wildman–Crippen MR) is 102 cm³/mol. The lowest BCUT2D eigenvalue weighted by Crippen LogP contribution is -2.47. The van der Waals surface area contributed by atoms with Crippen molar-refractivity contribution in [3.63, 3.8) is 0 Å². The molecule has 0 saturated carbocycles. The smallest absolute Gasteiger partial charge is 0.243 e. The molecule has 0 unspecified atom stereocenters. The molecule has 1 aliphatic rings. The lowest BCUT2D eigenvalue weighted by atomic mass is 10.2. The Bertz CT molecular complexity index is 862. The van der Waals surface area contributed by atoms with Crippen molar-refractivity contribution in [1.82, 2.24) is 19.2 Å². The van der Waals surface area contributed by atoms with Crippen LogP contribution in [0.4, 0.5) is 5.82 Å². The Labute approximate surface area is 159 Å². The molecule has 1 aromatic heterocycles. The second-order valence-electron chi connectivity index (χ2n) is 6.29. The number of benzene rings is 1. The van der Waals surface area contributed by atoms with Crippen LogP contribution in [-0.4, -0.2) is 60.8 Å². The number of likely N-dealkylation sites (N-methyl/N-ethyl adjacent to an activating group) is 1. The molecule has 140 valence electrons. The summed E-state index contributed by atoms with van der Waals surface area (Å²) in [6.45, 7) is 4.55. The topological polar surface area (TPSA) is 78.4 Å². The van der Waals surface area contributed by atoms with Crippen molar-refractivity contribution in [3.8, 4) is 0 Å². The van der Waals surface area contributed by atoms with E-state index >= 15 is 0 Å². The first-order valence-electron chi connectivity index (χ1n) is 8.38. The third-order valence-electron chi connectivity index (χ3n) is 4.32. The molecule has 0 bridgehead atoms. The summed E-state index contributed by atoms with van der Waals surface area (Å²) in [7, 11) is -1.53. The summed E-state index contributed by atoms with van der Waals surface area (Å²) in [5, 5.41) is 3.48. The molecule has 0 aliphatic carbocycles. The second-order valence-corrected chi connectivity index (χ2v) is 8.59. The highest BCUT2D eigenvalue weighted by Gasteiger charge is 2.29. The van der Waals surface area contributed by atoms with Crippen LogP contribution in [0.5, 0.6) is 0 Å². The summed E-state index contributed by atoms with van der Waals surface area (Å²) >= 11 is 5.95. The van der Waals surface area contributed by atoms with Crippen LogP contribution in [0.15, 0.2) is 35.2 Å². The van der Waals surface area contributed by atoms with Crippen molar-refractivity contribution in [2.75, 3.05) is 38.5 Å². The van der Waals surface area contributed by atoms with Gasteiger partial charge in [0, 0.05) is 38.8 Å². The van der Waals surface area contributed by atoms with E-state index in [0.29, 0.717) is 46.9 Å². The summed E-state index contributed by atoms with van der Waals surface area (Å²) in [6, 6.07) is 8.66. The third kappa shape index (κ3) is 4.32. The molecule has 2 aromatic rings. The Balaban J connectivity index is 1.81. The fourth-order valence-corrected chi connectivity index (χ4v) is 4.75. The number of anilines is 1. The molecule has 1 aliphatic heterocycles. The van der Waals surface area contributed by atoms with Gasteiger partial charge in [0.25, 0.3) is 0 Å². The third-order valence-corrected chi connectivity index (χ3v) is 6.51. The van der Waals surface area contributed by atoms with Crippen molar-refractivity contribution in [2.24, 2.45) is 0 Å². The van der Waals surface area contributed by atoms with E-state index < -0.39 is 10.0 Å². The number of rotatable bonds is 5. The number of sulfonamides is 1. The van der Waals surface area contributed by atoms with Crippen molar-refractivity contribution in [1.29, 1.82) is 0 Å². The zero-order chi connectivity index (χ0) is 18.7. The predicted octanol–water partition coefficient (Wildman–Crippen LogP) is 1.99. The Morgan fingerprint density at radius 3 is 2.54 bits per heavy atom. The molecule has 0 radical (unpaired) electrons. The van der Waals surface area contributed by atoms with E-state index in [-0.39, 0.29) is 0 Å². The number of hydrogen-bond acceptors (Lipinski definition) is 6. The first-order chi connectivity index (χ1) is 12.4. The molecule has 0 atom stereocenters. The van der Waals surface area contributed by atoms with E-state index in [0.717, 1.165) is 13.1 Å². The lowest BCUT2D eigenvalue weighted by Gasteiger charge is -2.32. The summed E-state index contributed by atoms with van der Waals surface area (Å²) in [5.41, 5.74) is 0.693. The molecule has 1 aromatic carbocycles. The standard InChI is InChI=1S/C17H22ClN5O2S/c1-13-20-16(18)11-17(21-13)19-12-14-5-3-4-6-15(14)26(24,25)23-9-7-22(2)8-10-23/h3-6,11H,7-10,12H2,1-2H3,(H,19,20,21). The van der Waals surface area contributed by atoms with E-state index in [1.807, 2.05) is 19.2 Å². The van der Waals surface area contributed by atoms with Crippen molar-refractivity contribution < 1.29 is 8.42 Å². The maximum absolute atomic E-state index is 13.1. The molecular formula is C17H22ClN5O2S. The largest absolute Gasteiger partial charge is 0.366 e. The normalized spacial score (nSPS) is 16.6. The average molecular weight is 396 g/mol. The molecule has 1 saturated heterocycles. The van der Waals surface area contributed by atoms with Gasteiger partial charge in [-0.05, 0) is 25.6 Å². The van der Waals surface area contributed by atoms with Gasteiger partial charge in [-0.25, -0.2) is 18.4 Å². The number of hydrogen-bond donors (Lipinski definition) is 1. The van der Waals surface area contributed by atoms with Crippen molar-refractivity contribution >= 4 is 27.4 Å². The Morgan fingerprint density at radius 2 is 1.85 bits per heavy atom. The molecule has 2 heterocycles. The number of nitrogens with zero attached hydrogens (tertiary/aromatic N) is 4. The minimum Gasteiger partial charge on any atom is -0.366 e. The van der Waals surface area contributed by atoms with Gasteiger partial charge in [0.15, 0.2) is 0 Å². The zero-order valence-corrected chi connectivity index (χ0v) is 16.4. The van der Waals surface area contributed by atoms with E-state index in [1.165, 1.54) is 0 Å². The summed E-state index contributed by atoms with van der Waals surface area (Å²) in [4.78, 5) is 10.7. The van der Waals surface area contributed by atoms with Gasteiger partial charge in [-0.15, -0.1) is 0 Å². The molecule has 0 spiro atoms. The number of piperazine rings is 1. The summed E-state index contributed by atoms with van der Waals surface area (Å²) in [5.74, 6) is 1.12. The number of halogens is 1. The monoisotopic (exact) mass is 395 g/mol. The van der Waals surface area contributed by atoms with Gasteiger partial charge in [0.05, 0.1) is 4.90 Å². The summed E-state index contributed by atoms with van der Waals surface area (Å²) < 4.78 is 27.7. The van der Waals surface area contributed by atoms with E-state index in [4.69, 9.17) is 11.6 Å². The summed E-state index contributed by atoms with van der Waals surface area (Å²) in [6.07, 6.45) is 0. The molecule has 1 fully saturated rings. The van der Waals surface area contributed by atoms with Gasteiger partial charge in [0.1, 0.15) is 16.8 Å². The lowest BCUT2D eigenvalue weighted by molar-refractivity contribution is 0.222. The molecule has 9 heteroatoms. The van der Waals surface area contributed by atoms with Crippen LogP contribution < -0.4 is 5.32 Å². The maximum Gasteiger partial charge on any atom is 0.243 e.